The van der Waals surface area contributed by atoms with E-state index in [2.05, 4.69) is 15.4 Å². The fourth-order valence-corrected chi connectivity index (χ4v) is 2.37. The van der Waals surface area contributed by atoms with Crippen molar-refractivity contribution in [2.45, 2.75) is 51.6 Å². The lowest BCUT2D eigenvalue weighted by molar-refractivity contribution is -0.138. The van der Waals surface area contributed by atoms with Crippen LogP contribution in [0, 0.1) is 6.92 Å². The summed E-state index contributed by atoms with van der Waals surface area (Å²) in [5, 5.41) is 0. The molecule has 2 rings (SSSR count). The Kier molecular flexibility index (Phi) is 4.73. The highest BCUT2D eigenvalue weighted by atomic mass is 16.7. The van der Waals surface area contributed by atoms with Crippen molar-refractivity contribution in [2.75, 3.05) is 0 Å². The zero-order chi connectivity index (χ0) is 14.5. The number of nitrogens with one attached hydrogen (secondary N) is 3. The van der Waals surface area contributed by atoms with Gasteiger partial charge in [-0.2, -0.15) is 0 Å². The topological polar surface area (TPSA) is 104 Å². The average molecular weight is 281 g/mol. The van der Waals surface area contributed by atoms with Crippen LogP contribution in [0.25, 0.3) is 0 Å². The Bertz CT molecular complexity index is 584. The van der Waals surface area contributed by atoms with Gasteiger partial charge in [-0.25, -0.2) is 10.3 Å². The first-order chi connectivity index (χ1) is 9.56. The molecular formula is C13H19N3O4. The van der Waals surface area contributed by atoms with Crippen LogP contribution in [0.1, 0.15) is 43.4 Å². The Hall–Kier alpha value is -1.89. The highest BCUT2D eigenvalue weighted by molar-refractivity contribution is 5.75. The molecule has 3 N–H and O–H groups in total. The van der Waals surface area contributed by atoms with Crippen LogP contribution in [0.3, 0.4) is 0 Å². The third kappa shape index (κ3) is 3.80. The zero-order valence-corrected chi connectivity index (χ0v) is 11.5. The van der Waals surface area contributed by atoms with Gasteiger partial charge in [-0.3, -0.25) is 19.4 Å². The largest absolute Gasteiger partial charge is 0.325 e. The van der Waals surface area contributed by atoms with Crippen LogP contribution in [-0.4, -0.2) is 22.0 Å². The molecule has 0 atom stereocenters. The molecule has 1 aromatic rings. The minimum atomic E-state index is -0.537. The van der Waals surface area contributed by atoms with E-state index in [1.54, 1.807) is 6.92 Å². The van der Waals surface area contributed by atoms with Gasteiger partial charge in [0.2, 0.25) is 5.91 Å². The van der Waals surface area contributed by atoms with Crippen molar-refractivity contribution in [1.29, 1.82) is 0 Å². The summed E-state index contributed by atoms with van der Waals surface area (Å²) in [6.07, 6.45) is 4.72. The highest BCUT2D eigenvalue weighted by Crippen LogP contribution is 2.19. The molecule has 1 amide bonds. The summed E-state index contributed by atoms with van der Waals surface area (Å²) in [6.45, 7) is 1.64. The second-order valence-corrected chi connectivity index (χ2v) is 5.06. The second kappa shape index (κ2) is 6.51. The summed E-state index contributed by atoms with van der Waals surface area (Å²) in [7, 11) is 0. The molecule has 7 heteroatoms. The van der Waals surface area contributed by atoms with Gasteiger partial charge in [0.05, 0.1) is 6.10 Å². The van der Waals surface area contributed by atoms with E-state index < -0.39 is 11.2 Å². The number of hydrogen-bond donors (Lipinski definition) is 3. The Labute approximate surface area is 115 Å². The Morgan fingerprint density at radius 1 is 1.30 bits per heavy atom. The first kappa shape index (κ1) is 14.5. The normalized spacial score (nSPS) is 15.4. The lowest BCUT2D eigenvalue weighted by Crippen LogP contribution is -2.30. The first-order valence-electron chi connectivity index (χ1n) is 6.83. The average Bonchev–Trinajstić information content (AvgIpc) is 2.88. The number of carbonyl (C=O) groups is 1. The fourth-order valence-electron chi connectivity index (χ4n) is 2.37. The monoisotopic (exact) mass is 281 g/mol. The van der Waals surface area contributed by atoms with E-state index in [4.69, 9.17) is 4.84 Å². The molecule has 1 fully saturated rings. The lowest BCUT2D eigenvalue weighted by Gasteiger charge is -2.11. The highest BCUT2D eigenvalue weighted by Gasteiger charge is 2.17. The number of aryl methyl sites for hydroxylation is 1. The third-order valence-corrected chi connectivity index (χ3v) is 3.50. The molecule has 20 heavy (non-hydrogen) atoms. The number of hydroxylamine groups is 1. The number of aromatic nitrogens is 2. The summed E-state index contributed by atoms with van der Waals surface area (Å²) in [6, 6.07) is 0. The van der Waals surface area contributed by atoms with Crippen LogP contribution >= 0.6 is 0 Å². The zero-order valence-electron chi connectivity index (χ0n) is 11.5. The molecule has 1 aliphatic rings. The fraction of sp³-hybridized carbons (Fsp3) is 0.615. The van der Waals surface area contributed by atoms with Gasteiger partial charge in [-0.15, -0.1) is 0 Å². The van der Waals surface area contributed by atoms with E-state index in [0.717, 1.165) is 25.7 Å². The van der Waals surface area contributed by atoms with Crippen molar-refractivity contribution in [3.8, 4) is 0 Å². The van der Waals surface area contributed by atoms with Crippen molar-refractivity contribution in [2.24, 2.45) is 0 Å². The number of carbonyl (C=O) groups excluding carboxylic acids is 1. The minimum Gasteiger partial charge on any atom is -0.311 e. The summed E-state index contributed by atoms with van der Waals surface area (Å²) in [4.78, 5) is 44.2. The number of aromatic amines is 2. The Morgan fingerprint density at radius 2 is 2.00 bits per heavy atom. The molecule has 0 aliphatic heterocycles. The molecule has 1 aromatic heterocycles. The summed E-state index contributed by atoms with van der Waals surface area (Å²) >= 11 is 0. The molecule has 110 valence electrons. The van der Waals surface area contributed by atoms with Gasteiger partial charge in [-0.05, 0) is 26.2 Å². The first-order valence-corrected chi connectivity index (χ1v) is 6.83. The quantitative estimate of drug-likeness (QED) is 0.675. The maximum absolute atomic E-state index is 11.6. The summed E-state index contributed by atoms with van der Waals surface area (Å²) in [5.74, 6) is -0.262. The van der Waals surface area contributed by atoms with Crippen molar-refractivity contribution in [1.82, 2.24) is 15.4 Å². The molecule has 0 spiro atoms. The molecule has 0 aromatic carbocycles. The Balaban J connectivity index is 1.84. The van der Waals surface area contributed by atoms with E-state index >= 15 is 0 Å². The predicted octanol–water partition coefficient (Wildman–Crippen LogP) is 0.295. The van der Waals surface area contributed by atoms with E-state index in [1.165, 1.54) is 0 Å². The minimum absolute atomic E-state index is 0.108. The molecule has 1 aliphatic carbocycles. The molecular weight excluding hydrogens is 262 g/mol. The number of hydrogen-bond acceptors (Lipinski definition) is 4. The summed E-state index contributed by atoms with van der Waals surface area (Å²) in [5.41, 5.74) is 2.34. The SMILES string of the molecule is Cc1[nH]c(=O)[nH]c(=O)c1CCC(=O)NOC1CCCC1. The van der Waals surface area contributed by atoms with E-state index in [1.807, 2.05) is 0 Å². The van der Waals surface area contributed by atoms with Gasteiger partial charge in [0, 0.05) is 17.7 Å². The van der Waals surface area contributed by atoms with Gasteiger partial charge >= 0.3 is 5.69 Å². The van der Waals surface area contributed by atoms with E-state index in [0.29, 0.717) is 11.3 Å². The maximum atomic E-state index is 11.6. The number of rotatable bonds is 5. The van der Waals surface area contributed by atoms with Crippen molar-refractivity contribution >= 4 is 5.91 Å². The predicted molar refractivity (Wildman–Crippen MR) is 72.2 cm³/mol. The van der Waals surface area contributed by atoms with Crippen LogP contribution in [0.4, 0.5) is 0 Å². The second-order valence-electron chi connectivity index (χ2n) is 5.06. The van der Waals surface area contributed by atoms with Crippen LogP contribution < -0.4 is 16.7 Å². The maximum Gasteiger partial charge on any atom is 0.325 e. The van der Waals surface area contributed by atoms with Crippen molar-refractivity contribution < 1.29 is 9.63 Å². The molecule has 0 radical (unpaired) electrons. The number of amides is 1. The van der Waals surface area contributed by atoms with Gasteiger partial charge in [-0.1, -0.05) is 12.8 Å². The summed E-state index contributed by atoms with van der Waals surface area (Å²) < 4.78 is 0. The molecule has 0 saturated heterocycles. The van der Waals surface area contributed by atoms with Gasteiger partial charge in [0.1, 0.15) is 0 Å². The third-order valence-electron chi connectivity index (χ3n) is 3.50. The van der Waals surface area contributed by atoms with Crippen LogP contribution in [-0.2, 0) is 16.1 Å². The standard InChI is InChI=1S/C13H19N3O4/c1-8-10(12(18)15-13(19)14-8)6-7-11(17)16-20-9-4-2-3-5-9/h9H,2-7H2,1H3,(H,16,17)(H2,14,15,18,19). The van der Waals surface area contributed by atoms with Gasteiger partial charge < -0.3 is 4.98 Å². The van der Waals surface area contributed by atoms with E-state index in [-0.39, 0.29) is 24.9 Å². The van der Waals surface area contributed by atoms with Gasteiger partial charge in [0.25, 0.3) is 5.56 Å². The number of H-pyrrole nitrogens is 2. The van der Waals surface area contributed by atoms with Crippen LogP contribution in [0.15, 0.2) is 9.59 Å². The Morgan fingerprint density at radius 3 is 2.65 bits per heavy atom. The van der Waals surface area contributed by atoms with Gasteiger partial charge in [0.15, 0.2) is 0 Å². The van der Waals surface area contributed by atoms with Crippen molar-refractivity contribution in [3.63, 3.8) is 0 Å². The van der Waals surface area contributed by atoms with Crippen LogP contribution in [0.2, 0.25) is 0 Å². The lowest BCUT2D eigenvalue weighted by atomic mass is 10.1. The molecule has 1 heterocycles. The molecule has 0 bridgehead atoms. The molecule has 7 nitrogen and oxygen atoms in total. The molecule has 0 unspecified atom stereocenters. The van der Waals surface area contributed by atoms with E-state index in [9.17, 15) is 14.4 Å². The smallest absolute Gasteiger partial charge is 0.311 e. The van der Waals surface area contributed by atoms with Crippen molar-refractivity contribution in [3.05, 3.63) is 32.1 Å². The van der Waals surface area contributed by atoms with Crippen LogP contribution in [0.5, 0.6) is 0 Å². The molecule has 1 saturated carbocycles.